The van der Waals surface area contributed by atoms with Crippen molar-refractivity contribution in [3.05, 3.63) is 59.3 Å². The number of nitrogens with zero attached hydrogens (tertiary/aromatic N) is 3. The van der Waals surface area contributed by atoms with E-state index in [1.807, 2.05) is 25.3 Å². The maximum atomic E-state index is 12.4. The second kappa shape index (κ2) is 5.88. The molecule has 2 aromatic heterocycles. The molecule has 0 aliphatic heterocycles. The second-order valence-electron chi connectivity index (χ2n) is 5.81. The van der Waals surface area contributed by atoms with Gasteiger partial charge in [0.1, 0.15) is 5.65 Å². The van der Waals surface area contributed by atoms with Gasteiger partial charge in [-0.05, 0) is 25.5 Å². The number of likely N-dealkylation sites (N-methyl/N-ethyl adjacent to an activating group) is 1. The van der Waals surface area contributed by atoms with Crippen molar-refractivity contribution in [3.63, 3.8) is 0 Å². The van der Waals surface area contributed by atoms with Gasteiger partial charge in [-0.2, -0.15) is 0 Å². The third-order valence-electron chi connectivity index (χ3n) is 3.67. The minimum Gasteiger partial charge on any atom is -0.348 e. The number of imidazole rings is 1. The number of benzene rings is 1. The molecule has 0 bridgehead atoms. The van der Waals surface area contributed by atoms with Crippen molar-refractivity contribution in [3.8, 4) is 11.3 Å². The van der Waals surface area contributed by atoms with E-state index in [0.29, 0.717) is 22.6 Å². The summed E-state index contributed by atoms with van der Waals surface area (Å²) in [6, 6.07) is 3.23. The molecule has 118 valence electrons. The van der Waals surface area contributed by atoms with Crippen LogP contribution in [0.25, 0.3) is 16.9 Å². The summed E-state index contributed by atoms with van der Waals surface area (Å²) in [5, 5.41) is 0. The van der Waals surface area contributed by atoms with Crippen molar-refractivity contribution in [2.75, 3.05) is 14.1 Å². The number of hydrogen-bond acceptors (Lipinski definition) is 2. The zero-order chi connectivity index (χ0) is 20.0. The summed E-state index contributed by atoms with van der Waals surface area (Å²) in [5.41, 5.74) is 2.85. The van der Waals surface area contributed by atoms with Crippen LogP contribution >= 0.6 is 0 Å². The molecule has 0 N–H and O–H groups in total. The average molecular weight is 311 g/mol. The standard InChI is InChI=1S/C19H21N3O/c1-13-5-8-15(9-6-13)19-16(11-18(23)21(3)4)22-12-14(2)7-10-17(22)20-19/h5-10,12H,11H2,1-4H3/i5D,6D,8D,9D. The Morgan fingerprint density at radius 1 is 1.17 bits per heavy atom. The first-order chi connectivity index (χ1) is 12.6. The molecule has 0 fully saturated rings. The van der Waals surface area contributed by atoms with Crippen LogP contribution in [-0.4, -0.2) is 34.3 Å². The molecule has 0 aliphatic rings. The molecule has 4 nitrogen and oxygen atoms in total. The van der Waals surface area contributed by atoms with Crippen molar-refractivity contribution in [1.82, 2.24) is 14.3 Å². The van der Waals surface area contributed by atoms with Crippen LogP contribution in [0.1, 0.15) is 22.3 Å². The Morgan fingerprint density at radius 3 is 2.52 bits per heavy atom. The number of amides is 1. The SMILES string of the molecule is [2H]c1c([2H])c(-c2nc3ccc(C)cn3c2CC(=O)N(C)C)c([2H])c([2H])c1C. The normalized spacial score (nSPS) is 13.4. The highest BCUT2D eigenvalue weighted by Crippen LogP contribution is 2.26. The topological polar surface area (TPSA) is 37.6 Å². The van der Waals surface area contributed by atoms with E-state index < -0.39 is 0 Å². The molecule has 0 saturated heterocycles. The molecule has 2 heterocycles. The Hall–Kier alpha value is -2.62. The predicted octanol–water partition coefficient (Wildman–Crippen LogP) is 3.25. The number of aryl methyl sites for hydroxylation is 1. The van der Waals surface area contributed by atoms with Gasteiger partial charge in [0, 0.05) is 25.9 Å². The van der Waals surface area contributed by atoms with Crippen molar-refractivity contribution in [2.24, 2.45) is 0 Å². The van der Waals surface area contributed by atoms with Crippen LogP contribution in [0, 0.1) is 13.8 Å². The highest BCUT2D eigenvalue weighted by Gasteiger charge is 2.18. The number of fused-ring (bicyclic) bond motifs is 1. The minimum atomic E-state index is -0.146. The van der Waals surface area contributed by atoms with Crippen LogP contribution in [0.15, 0.2) is 42.5 Å². The van der Waals surface area contributed by atoms with Crippen molar-refractivity contribution < 1.29 is 10.3 Å². The summed E-state index contributed by atoms with van der Waals surface area (Å²) >= 11 is 0. The largest absolute Gasteiger partial charge is 0.348 e. The molecule has 23 heavy (non-hydrogen) atoms. The molecule has 4 heteroatoms. The van der Waals surface area contributed by atoms with Gasteiger partial charge in [0.25, 0.3) is 0 Å². The van der Waals surface area contributed by atoms with E-state index in [9.17, 15) is 4.79 Å². The van der Waals surface area contributed by atoms with E-state index in [2.05, 4.69) is 4.98 Å². The highest BCUT2D eigenvalue weighted by atomic mass is 16.2. The van der Waals surface area contributed by atoms with Gasteiger partial charge in [0.15, 0.2) is 0 Å². The fraction of sp³-hybridized carbons (Fsp3) is 0.263. The van der Waals surface area contributed by atoms with Crippen LogP contribution in [-0.2, 0) is 11.2 Å². The molecule has 0 saturated carbocycles. The number of hydrogen-bond donors (Lipinski definition) is 0. The van der Waals surface area contributed by atoms with Crippen LogP contribution in [0.3, 0.4) is 0 Å². The van der Waals surface area contributed by atoms with Gasteiger partial charge in [-0.25, -0.2) is 4.98 Å². The van der Waals surface area contributed by atoms with Gasteiger partial charge in [0.05, 0.1) is 23.3 Å². The lowest BCUT2D eigenvalue weighted by Gasteiger charge is -2.11. The molecular weight excluding hydrogens is 286 g/mol. The van der Waals surface area contributed by atoms with Crippen molar-refractivity contribution in [2.45, 2.75) is 20.3 Å². The summed E-state index contributed by atoms with van der Waals surface area (Å²) < 4.78 is 34.7. The van der Waals surface area contributed by atoms with Crippen LogP contribution in [0.5, 0.6) is 0 Å². The zero-order valence-corrected chi connectivity index (χ0v) is 13.7. The lowest BCUT2D eigenvalue weighted by molar-refractivity contribution is -0.128. The summed E-state index contributed by atoms with van der Waals surface area (Å²) in [4.78, 5) is 18.4. The first kappa shape index (κ1) is 11.0. The third kappa shape index (κ3) is 2.97. The highest BCUT2D eigenvalue weighted by molar-refractivity contribution is 5.81. The van der Waals surface area contributed by atoms with Gasteiger partial charge in [-0.3, -0.25) is 4.79 Å². The average Bonchev–Trinajstić information content (AvgIpc) is 2.96. The Labute approximate surface area is 142 Å². The molecule has 0 radical (unpaired) electrons. The molecule has 1 aromatic carbocycles. The number of pyridine rings is 1. The summed E-state index contributed by atoms with van der Waals surface area (Å²) in [6.45, 7) is 3.49. The van der Waals surface area contributed by atoms with Crippen molar-refractivity contribution >= 4 is 11.6 Å². The van der Waals surface area contributed by atoms with Crippen LogP contribution in [0.2, 0.25) is 0 Å². The monoisotopic (exact) mass is 311 g/mol. The Kier molecular flexibility index (Phi) is 2.81. The molecule has 0 unspecified atom stereocenters. The lowest BCUT2D eigenvalue weighted by atomic mass is 10.1. The molecular formula is C19H21N3O. The molecule has 0 aliphatic carbocycles. The van der Waals surface area contributed by atoms with E-state index in [1.54, 1.807) is 25.4 Å². The molecule has 0 atom stereocenters. The first-order valence-corrected chi connectivity index (χ1v) is 7.38. The molecule has 3 aromatic rings. The van der Waals surface area contributed by atoms with Gasteiger partial charge < -0.3 is 9.30 Å². The smallest absolute Gasteiger partial charge is 0.228 e. The molecule has 0 spiro atoms. The molecule has 1 amide bonds. The summed E-state index contributed by atoms with van der Waals surface area (Å²) in [7, 11) is 3.33. The maximum Gasteiger partial charge on any atom is 0.228 e. The minimum absolute atomic E-state index is 0.0420. The predicted molar refractivity (Wildman–Crippen MR) is 92.5 cm³/mol. The lowest BCUT2D eigenvalue weighted by Crippen LogP contribution is -2.24. The maximum absolute atomic E-state index is 12.4. The molecule has 3 rings (SSSR count). The van der Waals surface area contributed by atoms with Crippen LogP contribution < -0.4 is 0 Å². The Bertz CT molecular complexity index is 1040. The zero-order valence-electron chi connectivity index (χ0n) is 17.7. The van der Waals surface area contributed by atoms with Gasteiger partial charge in [0.2, 0.25) is 5.91 Å². The van der Waals surface area contributed by atoms with Gasteiger partial charge >= 0.3 is 0 Å². The quantitative estimate of drug-likeness (QED) is 0.744. The number of aromatic nitrogens is 2. The second-order valence-corrected chi connectivity index (χ2v) is 5.81. The Balaban J connectivity index is 2.37. The van der Waals surface area contributed by atoms with Gasteiger partial charge in [-0.1, -0.05) is 35.8 Å². The fourth-order valence-electron chi connectivity index (χ4n) is 2.36. The number of carbonyl (C=O) groups excluding carboxylic acids is 1. The first-order valence-electron chi connectivity index (χ1n) is 9.38. The van der Waals surface area contributed by atoms with Crippen molar-refractivity contribution in [1.29, 1.82) is 0 Å². The van der Waals surface area contributed by atoms with Gasteiger partial charge in [-0.15, -0.1) is 0 Å². The van der Waals surface area contributed by atoms with E-state index >= 15 is 0 Å². The van der Waals surface area contributed by atoms with E-state index in [0.717, 1.165) is 5.56 Å². The summed E-state index contributed by atoms with van der Waals surface area (Å²) in [6.07, 6.45) is 1.90. The Morgan fingerprint density at radius 2 is 1.87 bits per heavy atom. The van der Waals surface area contributed by atoms with Crippen LogP contribution in [0.4, 0.5) is 0 Å². The number of rotatable bonds is 3. The van der Waals surface area contributed by atoms with E-state index in [1.165, 1.54) is 4.90 Å². The number of carbonyl (C=O) groups is 1. The fourth-order valence-corrected chi connectivity index (χ4v) is 2.36. The van der Waals surface area contributed by atoms with E-state index in [4.69, 9.17) is 5.48 Å². The van der Waals surface area contributed by atoms with E-state index in [-0.39, 0.29) is 42.1 Å². The summed E-state index contributed by atoms with van der Waals surface area (Å²) in [5.74, 6) is -0.137. The third-order valence-corrected chi connectivity index (χ3v) is 3.67.